The first kappa shape index (κ1) is 14.6. The van der Waals surface area contributed by atoms with E-state index in [2.05, 4.69) is 15.5 Å². The molecule has 0 saturated heterocycles. The highest BCUT2D eigenvalue weighted by Crippen LogP contribution is 1.98. The lowest BCUT2D eigenvalue weighted by atomic mass is 10.2. The summed E-state index contributed by atoms with van der Waals surface area (Å²) in [5, 5.41) is 6.89. The number of nitrogens with zero attached hydrogens (tertiary/aromatic N) is 3. The zero-order valence-electron chi connectivity index (χ0n) is 11.6. The number of rotatable bonds is 7. The first-order valence-corrected chi connectivity index (χ1v) is 6.39. The fourth-order valence-corrected chi connectivity index (χ4v) is 1.73. The molecule has 0 aromatic carbocycles. The highest BCUT2D eigenvalue weighted by atomic mass is 16.5. The van der Waals surface area contributed by atoms with Crippen LogP contribution in [0.5, 0.6) is 0 Å². The van der Waals surface area contributed by atoms with Gasteiger partial charge >= 0.3 is 0 Å². The second-order valence-corrected chi connectivity index (χ2v) is 4.17. The van der Waals surface area contributed by atoms with E-state index in [1.807, 2.05) is 25.7 Å². The lowest BCUT2D eigenvalue weighted by Crippen LogP contribution is -2.45. The van der Waals surface area contributed by atoms with Crippen LogP contribution in [0.1, 0.15) is 32.5 Å². The number of nitrogens with one attached hydrogen (secondary N) is 1. The number of carbonyl (C=O) groups excluding carboxylic acids is 1. The molecule has 1 N–H and O–H groups in total. The molecule has 1 unspecified atom stereocenters. The highest BCUT2D eigenvalue weighted by Gasteiger charge is 2.17. The van der Waals surface area contributed by atoms with Crippen molar-refractivity contribution < 1.29 is 9.32 Å². The molecule has 1 heterocycles. The normalized spacial score (nSPS) is 12.4. The van der Waals surface area contributed by atoms with Crippen LogP contribution in [0.3, 0.4) is 0 Å². The number of hydrogen-bond donors (Lipinski definition) is 1. The Kier molecular flexibility index (Phi) is 5.77. The Labute approximate surface area is 108 Å². The van der Waals surface area contributed by atoms with Crippen molar-refractivity contribution >= 4 is 5.91 Å². The fourth-order valence-electron chi connectivity index (χ4n) is 1.73. The molecule has 0 saturated carbocycles. The van der Waals surface area contributed by atoms with Crippen LogP contribution in [0.2, 0.25) is 0 Å². The molecule has 1 aromatic heterocycles. The molecule has 6 nitrogen and oxygen atoms in total. The maximum atomic E-state index is 12.0. The molecule has 0 radical (unpaired) electrons. The number of hydrogen-bond acceptors (Lipinski definition) is 5. The van der Waals surface area contributed by atoms with E-state index in [9.17, 15) is 4.79 Å². The van der Waals surface area contributed by atoms with Crippen molar-refractivity contribution in [3.8, 4) is 0 Å². The molecule has 1 atom stereocenters. The number of aryl methyl sites for hydroxylation is 1. The summed E-state index contributed by atoms with van der Waals surface area (Å²) in [6.07, 6.45) is 0.636. The zero-order valence-corrected chi connectivity index (χ0v) is 11.6. The molecule has 1 amide bonds. The van der Waals surface area contributed by atoms with Gasteiger partial charge in [0.15, 0.2) is 5.82 Å². The second kappa shape index (κ2) is 7.10. The van der Waals surface area contributed by atoms with Crippen LogP contribution in [0.25, 0.3) is 0 Å². The summed E-state index contributed by atoms with van der Waals surface area (Å²) in [5.74, 6) is 1.36. The summed E-state index contributed by atoms with van der Waals surface area (Å²) in [5.41, 5.74) is 0. The van der Waals surface area contributed by atoms with E-state index in [0.717, 1.165) is 13.1 Å². The molecule has 0 aliphatic carbocycles. The summed E-state index contributed by atoms with van der Waals surface area (Å²) < 4.78 is 5.00. The van der Waals surface area contributed by atoms with Crippen LogP contribution in [-0.4, -0.2) is 46.6 Å². The Morgan fingerprint density at radius 2 is 2.11 bits per heavy atom. The van der Waals surface area contributed by atoms with Crippen molar-refractivity contribution in [2.45, 2.75) is 40.2 Å². The average molecular weight is 254 g/mol. The number of carbonyl (C=O) groups is 1. The average Bonchev–Trinajstić information content (AvgIpc) is 2.76. The maximum Gasteiger partial charge on any atom is 0.239 e. The molecule has 0 bridgehead atoms. The van der Waals surface area contributed by atoms with Gasteiger partial charge in [0.2, 0.25) is 11.8 Å². The van der Waals surface area contributed by atoms with Gasteiger partial charge in [-0.2, -0.15) is 4.98 Å². The van der Waals surface area contributed by atoms with Crippen LogP contribution >= 0.6 is 0 Å². The van der Waals surface area contributed by atoms with Crippen molar-refractivity contribution in [3.05, 3.63) is 11.7 Å². The second-order valence-electron chi connectivity index (χ2n) is 4.17. The first-order chi connectivity index (χ1) is 8.58. The lowest BCUT2D eigenvalue weighted by molar-refractivity contribution is -0.132. The van der Waals surface area contributed by atoms with E-state index in [1.165, 1.54) is 0 Å². The quantitative estimate of drug-likeness (QED) is 0.778. The Morgan fingerprint density at radius 1 is 1.44 bits per heavy atom. The van der Waals surface area contributed by atoms with Crippen molar-refractivity contribution in [2.75, 3.05) is 19.6 Å². The number of aromatic nitrogens is 2. The highest BCUT2D eigenvalue weighted by molar-refractivity contribution is 5.81. The minimum absolute atomic E-state index is 0.127. The minimum Gasteiger partial charge on any atom is -0.342 e. The van der Waals surface area contributed by atoms with Crippen LogP contribution in [0, 0.1) is 6.92 Å². The third kappa shape index (κ3) is 4.10. The van der Waals surface area contributed by atoms with Gasteiger partial charge in [-0.3, -0.25) is 4.79 Å². The lowest BCUT2D eigenvalue weighted by Gasteiger charge is -2.23. The van der Waals surface area contributed by atoms with E-state index in [4.69, 9.17) is 4.52 Å². The Hall–Kier alpha value is -1.43. The van der Waals surface area contributed by atoms with Gasteiger partial charge in [-0.25, -0.2) is 0 Å². The smallest absolute Gasteiger partial charge is 0.239 e. The van der Waals surface area contributed by atoms with E-state index in [1.54, 1.807) is 6.92 Å². The van der Waals surface area contributed by atoms with E-state index in [-0.39, 0.29) is 11.9 Å². The summed E-state index contributed by atoms with van der Waals surface area (Å²) in [6.45, 7) is 9.75. The van der Waals surface area contributed by atoms with Gasteiger partial charge in [0.05, 0.1) is 6.04 Å². The van der Waals surface area contributed by atoms with E-state index >= 15 is 0 Å². The van der Waals surface area contributed by atoms with Crippen molar-refractivity contribution in [2.24, 2.45) is 0 Å². The van der Waals surface area contributed by atoms with E-state index in [0.29, 0.717) is 24.7 Å². The topological polar surface area (TPSA) is 71.3 Å². The third-order valence-electron chi connectivity index (χ3n) is 2.80. The number of likely N-dealkylation sites (N-methyl/N-ethyl adjacent to an activating group) is 1. The predicted molar refractivity (Wildman–Crippen MR) is 68.1 cm³/mol. The third-order valence-corrected chi connectivity index (χ3v) is 2.80. The van der Waals surface area contributed by atoms with Crippen LogP contribution in [-0.2, 0) is 11.2 Å². The van der Waals surface area contributed by atoms with Crippen molar-refractivity contribution in [1.29, 1.82) is 0 Å². The summed E-state index contributed by atoms with van der Waals surface area (Å²) >= 11 is 0. The predicted octanol–water partition coefficient (Wildman–Crippen LogP) is 0.767. The minimum atomic E-state index is -0.186. The maximum absolute atomic E-state index is 12.0. The molecular weight excluding hydrogens is 232 g/mol. The zero-order chi connectivity index (χ0) is 13.5. The number of amides is 1. The first-order valence-electron chi connectivity index (χ1n) is 6.39. The molecule has 6 heteroatoms. The fraction of sp³-hybridized carbons (Fsp3) is 0.750. The molecule has 0 aliphatic rings. The van der Waals surface area contributed by atoms with Gasteiger partial charge < -0.3 is 14.7 Å². The van der Waals surface area contributed by atoms with Crippen LogP contribution in [0.15, 0.2) is 4.52 Å². The molecule has 1 rings (SSSR count). The molecule has 0 aliphatic heterocycles. The van der Waals surface area contributed by atoms with Crippen LogP contribution in [0.4, 0.5) is 0 Å². The molecular formula is C12H22N4O2. The van der Waals surface area contributed by atoms with Crippen molar-refractivity contribution in [1.82, 2.24) is 20.4 Å². The Balaban J connectivity index is 2.32. The summed E-state index contributed by atoms with van der Waals surface area (Å²) in [6, 6.07) is -0.186. The van der Waals surface area contributed by atoms with Gasteiger partial charge in [-0.15, -0.1) is 0 Å². The van der Waals surface area contributed by atoms with Gasteiger partial charge in [0, 0.05) is 26.1 Å². The van der Waals surface area contributed by atoms with Crippen LogP contribution < -0.4 is 5.32 Å². The Morgan fingerprint density at radius 3 is 2.61 bits per heavy atom. The molecule has 18 heavy (non-hydrogen) atoms. The van der Waals surface area contributed by atoms with E-state index < -0.39 is 0 Å². The van der Waals surface area contributed by atoms with Gasteiger partial charge in [-0.05, 0) is 27.7 Å². The van der Waals surface area contributed by atoms with Crippen molar-refractivity contribution in [3.63, 3.8) is 0 Å². The summed E-state index contributed by atoms with van der Waals surface area (Å²) in [4.78, 5) is 17.9. The molecule has 0 fully saturated rings. The molecule has 0 spiro atoms. The summed E-state index contributed by atoms with van der Waals surface area (Å²) in [7, 11) is 0. The molecule has 1 aromatic rings. The SMILES string of the molecule is CCN(CC)C(=O)C(C)NCCc1nc(C)no1. The largest absolute Gasteiger partial charge is 0.342 e. The van der Waals surface area contributed by atoms with Gasteiger partial charge in [0.25, 0.3) is 0 Å². The monoisotopic (exact) mass is 254 g/mol. The molecule has 102 valence electrons. The standard InChI is InChI=1S/C12H22N4O2/c1-5-16(6-2)12(17)9(3)13-8-7-11-14-10(4)15-18-11/h9,13H,5-8H2,1-4H3. The Bertz CT molecular complexity index is 374. The van der Waals surface area contributed by atoms with Gasteiger partial charge in [-0.1, -0.05) is 5.16 Å². The van der Waals surface area contributed by atoms with Gasteiger partial charge in [0.1, 0.15) is 0 Å².